The van der Waals surface area contributed by atoms with E-state index in [1.54, 1.807) is 11.7 Å². The fourth-order valence-corrected chi connectivity index (χ4v) is 2.08. The summed E-state index contributed by atoms with van der Waals surface area (Å²) in [5, 5.41) is 13.0. The Morgan fingerprint density at radius 2 is 2.20 bits per heavy atom. The number of hydrogen-bond donors (Lipinski definition) is 1. The van der Waals surface area contributed by atoms with Gasteiger partial charge in [-0.2, -0.15) is 5.10 Å². The van der Waals surface area contributed by atoms with Crippen LogP contribution in [-0.2, 0) is 18.3 Å². The van der Waals surface area contributed by atoms with Crippen LogP contribution in [0, 0.1) is 0 Å². The number of carboxylic acid groups (broad SMARTS) is 1. The summed E-state index contributed by atoms with van der Waals surface area (Å²) in [5.41, 5.74) is 0. The van der Waals surface area contributed by atoms with Crippen LogP contribution in [-0.4, -0.2) is 25.8 Å². The van der Waals surface area contributed by atoms with E-state index in [1.807, 2.05) is 0 Å². The van der Waals surface area contributed by atoms with Crippen molar-refractivity contribution in [3.05, 3.63) is 11.6 Å². The van der Waals surface area contributed by atoms with Gasteiger partial charge in [0.1, 0.15) is 12.2 Å². The van der Waals surface area contributed by atoms with E-state index in [-0.39, 0.29) is 6.42 Å². The number of aliphatic carboxylic acids is 1. The van der Waals surface area contributed by atoms with Crippen LogP contribution in [0.1, 0.15) is 43.3 Å². The lowest BCUT2D eigenvalue weighted by Crippen LogP contribution is -2.06. The highest BCUT2D eigenvalue weighted by atomic mass is 16.4. The van der Waals surface area contributed by atoms with Crippen LogP contribution in [0.25, 0.3) is 0 Å². The average Bonchev–Trinajstić information content (AvgIpc) is 2.75. The molecule has 1 aromatic rings. The molecule has 15 heavy (non-hydrogen) atoms. The van der Waals surface area contributed by atoms with Gasteiger partial charge in [-0.15, -0.1) is 0 Å². The van der Waals surface area contributed by atoms with Gasteiger partial charge in [-0.1, -0.05) is 12.8 Å². The van der Waals surface area contributed by atoms with Crippen molar-refractivity contribution in [2.75, 3.05) is 0 Å². The smallest absolute Gasteiger partial charge is 0.311 e. The van der Waals surface area contributed by atoms with Gasteiger partial charge in [0.15, 0.2) is 5.82 Å². The minimum absolute atomic E-state index is 0.0454. The fourth-order valence-electron chi connectivity index (χ4n) is 2.08. The van der Waals surface area contributed by atoms with E-state index in [4.69, 9.17) is 5.11 Å². The Morgan fingerprint density at radius 3 is 2.80 bits per heavy atom. The molecular weight excluding hydrogens is 194 g/mol. The zero-order valence-electron chi connectivity index (χ0n) is 8.81. The second-order valence-electron chi connectivity index (χ2n) is 4.06. The number of aromatic nitrogens is 3. The Morgan fingerprint density at radius 1 is 1.53 bits per heavy atom. The van der Waals surface area contributed by atoms with Gasteiger partial charge in [0.05, 0.1) is 0 Å². The molecule has 5 heteroatoms. The second kappa shape index (κ2) is 4.00. The molecule has 1 saturated carbocycles. The van der Waals surface area contributed by atoms with Crippen molar-refractivity contribution >= 4 is 5.97 Å². The molecule has 1 aliphatic rings. The van der Waals surface area contributed by atoms with Crippen molar-refractivity contribution in [2.45, 2.75) is 38.0 Å². The summed E-state index contributed by atoms with van der Waals surface area (Å²) in [7, 11) is 1.75. The topological polar surface area (TPSA) is 68.0 Å². The first-order valence-corrected chi connectivity index (χ1v) is 5.28. The molecule has 5 nitrogen and oxygen atoms in total. The Labute approximate surface area is 88.1 Å². The maximum absolute atomic E-state index is 10.6. The highest BCUT2D eigenvalue weighted by Gasteiger charge is 2.22. The number of rotatable bonds is 3. The third-order valence-electron chi connectivity index (χ3n) is 2.90. The van der Waals surface area contributed by atoms with Crippen LogP contribution in [0.5, 0.6) is 0 Å². The first-order valence-electron chi connectivity index (χ1n) is 5.28. The van der Waals surface area contributed by atoms with Crippen molar-refractivity contribution < 1.29 is 9.90 Å². The minimum atomic E-state index is -0.858. The molecule has 0 bridgehead atoms. The summed E-state index contributed by atoms with van der Waals surface area (Å²) in [6.07, 6.45) is 4.69. The van der Waals surface area contributed by atoms with E-state index in [0.29, 0.717) is 11.7 Å². The van der Waals surface area contributed by atoms with Crippen LogP contribution in [0.15, 0.2) is 0 Å². The molecule has 2 rings (SSSR count). The fraction of sp³-hybridized carbons (Fsp3) is 0.700. The number of nitrogens with zero attached hydrogens (tertiary/aromatic N) is 3. The zero-order chi connectivity index (χ0) is 10.8. The van der Waals surface area contributed by atoms with Gasteiger partial charge in [-0.3, -0.25) is 9.48 Å². The number of carbonyl (C=O) groups is 1. The molecule has 82 valence electrons. The number of hydrogen-bond acceptors (Lipinski definition) is 3. The Hall–Kier alpha value is -1.39. The normalized spacial score (nSPS) is 17.1. The van der Waals surface area contributed by atoms with Crippen molar-refractivity contribution in [1.82, 2.24) is 14.8 Å². The van der Waals surface area contributed by atoms with Gasteiger partial charge in [-0.05, 0) is 12.8 Å². The largest absolute Gasteiger partial charge is 0.481 e. The molecule has 0 aliphatic heterocycles. The Kier molecular flexibility index (Phi) is 2.70. The third kappa shape index (κ3) is 2.16. The molecule has 0 aromatic carbocycles. The van der Waals surface area contributed by atoms with Crippen LogP contribution >= 0.6 is 0 Å². The van der Waals surface area contributed by atoms with Crippen LogP contribution in [0.4, 0.5) is 0 Å². The van der Waals surface area contributed by atoms with E-state index < -0.39 is 5.97 Å². The number of aryl methyl sites for hydroxylation is 1. The molecule has 1 fully saturated rings. The van der Waals surface area contributed by atoms with Crippen molar-refractivity contribution in [3.8, 4) is 0 Å². The van der Waals surface area contributed by atoms with E-state index >= 15 is 0 Å². The Balaban J connectivity index is 2.16. The lowest BCUT2D eigenvalue weighted by molar-refractivity contribution is -0.136. The van der Waals surface area contributed by atoms with Gasteiger partial charge in [0.2, 0.25) is 0 Å². The van der Waals surface area contributed by atoms with Crippen molar-refractivity contribution in [2.24, 2.45) is 7.05 Å². The van der Waals surface area contributed by atoms with Crippen LogP contribution in [0.3, 0.4) is 0 Å². The molecule has 0 amide bonds. The lowest BCUT2D eigenvalue weighted by Gasteiger charge is -2.00. The predicted octanol–water partition coefficient (Wildman–Crippen LogP) is 1.10. The van der Waals surface area contributed by atoms with Crippen molar-refractivity contribution in [1.29, 1.82) is 0 Å². The zero-order valence-corrected chi connectivity index (χ0v) is 8.81. The highest BCUT2D eigenvalue weighted by molar-refractivity contribution is 5.68. The first kappa shape index (κ1) is 10.1. The summed E-state index contributed by atoms with van der Waals surface area (Å²) < 4.78 is 1.59. The maximum atomic E-state index is 10.6. The molecular formula is C10H15N3O2. The molecule has 1 aromatic heterocycles. The summed E-state index contributed by atoms with van der Waals surface area (Å²) in [6.45, 7) is 0. The van der Waals surface area contributed by atoms with E-state index in [9.17, 15) is 4.79 Å². The SMILES string of the molecule is Cn1nc(C2CCCC2)nc1CC(=O)O. The molecule has 1 heterocycles. The lowest BCUT2D eigenvalue weighted by atomic mass is 10.1. The quantitative estimate of drug-likeness (QED) is 0.809. The van der Waals surface area contributed by atoms with E-state index in [1.165, 1.54) is 12.8 Å². The molecule has 0 atom stereocenters. The molecule has 0 unspecified atom stereocenters. The minimum Gasteiger partial charge on any atom is -0.481 e. The van der Waals surface area contributed by atoms with Gasteiger partial charge in [0.25, 0.3) is 0 Å². The third-order valence-corrected chi connectivity index (χ3v) is 2.90. The Bertz CT molecular complexity index is 367. The highest BCUT2D eigenvalue weighted by Crippen LogP contribution is 2.32. The van der Waals surface area contributed by atoms with Crippen molar-refractivity contribution in [3.63, 3.8) is 0 Å². The standard InChI is InChI=1S/C10H15N3O2/c1-13-8(6-9(14)15)11-10(12-13)7-4-2-3-5-7/h7H,2-6H2,1H3,(H,14,15). The second-order valence-corrected chi connectivity index (χ2v) is 4.06. The summed E-state index contributed by atoms with van der Waals surface area (Å²) >= 11 is 0. The van der Waals surface area contributed by atoms with Gasteiger partial charge in [-0.25, -0.2) is 4.98 Å². The van der Waals surface area contributed by atoms with Crippen LogP contribution < -0.4 is 0 Å². The van der Waals surface area contributed by atoms with Gasteiger partial charge in [0, 0.05) is 13.0 Å². The summed E-state index contributed by atoms with van der Waals surface area (Å²) in [5.74, 6) is 0.956. The molecule has 0 saturated heterocycles. The summed E-state index contributed by atoms with van der Waals surface area (Å²) in [4.78, 5) is 14.9. The van der Waals surface area contributed by atoms with Gasteiger partial charge >= 0.3 is 5.97 Å². The van der Waals surface area contributed by atoms with E-state index in [0.717, 1.165) is 18.7 Å². The van der Waals surface area contributed by atoms with Gasteiger partial charge < -0.3 is 5.11 Å². The molecule has 0 radical (unpaired) electrons. The average molecular weight is 209 g/mol. The molecule has 0 spiro atoms. The maximum Gasteiger partial charge on any atom is 0.311 e. The molecule has 1 N–H and O–H groups in total. The van der Waals surface area contributed by atoms with Crippen LogP contribution in [0.2, 0.25) is 0 Å². The number of carboxylic acids is 1. The molecule has 1 aliphatic carbocycles. The summed E-state index contributed by atoms with van der Waals surface area (Å²) in [6, 6.07) is 0. The first-order chi connectivity index (χ1) is 7.16. The van der Waals surface area contributed by atoms with E-state index in [2.05, 4.69) is 10.1 Å². The monoisotopic (exact) mass is 209 g/mol. The predicted molar refractivity (Wildman–Crippen MR) is 53.6 cm³/mol.